The highest BCUT2D eigenvalue weighted by Gasteiger charge is 2.14. The van der Waals surface area contributed by atoms with Gasteiger partial charge in [0.15, 0.2) is 0 Å². The first-order valence-corrected chi connectivity index (χ1v) is 8.32. The number of fused-ring (bicyclic) bond motifs is 1. The number of hydrogen-bond acceptors (Lipinski definition) is 3. The number of allylic oxidation sites excluding steroid dienone is 1. The summed E-state index contributed by atoms with van der Waals surface area (Å²) in [6.07, 6.45) is 1.06. The molecule has 0 aliphatic heterocycles. The number of rotatable bonds is 7. The molecule has 0 saturated heterocycles. The molecular weight excluding hydrogens is 350 g/mol. The standard InChI is InChI=1S/C20H23N3O2.ClH/c1-3-12-22-17-9-5-6-10-18(17)23(20(22)21)13-16(24)14-25-19-11-7-4-8-15(19)2;/h3-11,16,21,24H,1,12-14H2,2H3;1H. The molecule has 0 aliphatic rings. The van der Waals surface area contributed by atoms with E-state index in [-0.39, 0.29) is 19.0 Å². The minimum atomic E-state index is -0.711. The lowest BCUT2D eigenvalue weighted by molar-refractivity contribution is 0.0918. The molecule has 138 valence electrons. The average Bonchev–Trinajstić information content (AvgIpc) is 2.87. The van der Waals surface area contributed by atoms with E-state index in [1.54, 1.807) is 6.08 Å². The monoisotopic (exact) mass is 373 g/mol. The number of aromatic nitrogens is 2. The Bertz CT molecular complexity index is 946. The molecule has 0 fully saturated rings. The zero-order valence-corrected chi connectivity index (χ0v) is 15.6. The normalized spacial score (nSPS) is 11.8. The average molecular weight is 374 g/mol. The van der Waals surface area contributed by atoms with Crippen molar-refractivity contribution in [2.45, 2.75) is 26.1 Å². The summed E-state index contributed by atoms with van der Waals surface area (Å²) in [6, 6.07) is 15.5. The van der Waals surface area contributed by atoms with E-state index in [0.29, 0.717) is 18.7 Å². The molecule has 3 aromatic rings. The van der Waals surface area contributed by atoms with Crippen molar-refractivity contribution in [1.82, 2.24) is 9.13 Å². The van der Waals surface area contributed by atoms with Gasteiger partial charge in [0.1, 0.15) is 18.5 Å². The van der Waals surface area contributed by atoms with E-state index in [1.807, 2.05) is 64.6 Å². The van der Waals surface area contributed by atoms with Crippen LogP contribution in [0.15, 0.2) is 61.2 Å². The van der Waals surface area contributed by atoms with Gasteiger partial charge in [0.25, 0.3) is 0 Å². The fourth-order valence-electron chi connectivity index (χ4n) is 2.96. The van der Waals surface area contributed by atoms with Crippen LogP contribution < -0.4 is 10.4 Å². The van der Waals surface area contributed by atoms with Crippen LogP contribution in [0.25, 0.3) is 11.0 Å². The Kier molecular flexibility index (Phi) is 6.66. The number of nitrogens with zero attached hydrogens (tertiary/aromatic N) is 2. The molecule has 0 amide bonds. The summed E-state index contributed by atoms with van der Waals surface area (Å²) in [5.41, 5.74) is 3.26. The van der Waals surface area contributed by atoms with Gasteiger partial charge < -0.3 is 19.0 Å². The molecule has 0 saturated carbocycles. The zero-order chi connectivity index (χ0) is 17.8. The second-order valence-corrected chi connectivity index (χ2v) is 6.05. The van der Waals surface area contributed by atoms with Crippen molar-refractivity contribution >= 4 is 23.4 Å². The van der Waals surface area contributed by atoms with E-state index in [2.05, 4.69) is 6.58 Å². The molecule has 1 aromatic heterocycles. The SMILES string of the molecule is C=CCn1c(=N)n(CC(O)COc2ccccc2C)c2ccccc21.Cl. The molecule has 0 bridgehead atoms. The minimum Gasteiger partial charge on any atom is -0.491 e. The molecule has 1 atom stereocenters. The number of ether oxygens (including phenoxy) is 1. The quantitative estimate of drug-likeness (QED) is 0.624. The lowest BCUT2D eigenvalue weighted by Crippen LogP contribution is -2.31. The van der Waals surface area contributed by atoms with E-state index in [9.17, 15) is 5.11 Å². The molecule has 1 heterocycles. The number of aliphatic hydroxyl groups is 1. The molecule has 0 spiro atoms. The number of nitrogens with one attached hydrogen (secondary N) is 1. The number of aryl methyl sites for hydroxylation is 1. The van der Waals surface area contributed by atoms with Crippen molar-refractivity contribution in [3.8, 4) is 5.75 Å². The van der Waals surface area contributed by atoms with Crippen molar-refractivity contribution in [3.05, 3.63) is 72.4 Å². The largest absolute Gasteiger partial charge is 0.491 e. The number of aliphatic hydroxyl groups excluding tert-OH is 1. The van der Waals surface area contributed by atoms with Gasteiger partial charge in [-0.2, -0.15) is 0 Å². The van der Waals surface area contributed by atoms with Crippen LogP contribution in [0.2, 0.25) is 0 Å². The fraction of sp³-hybridized carbons (Fsp3) is 0.250. The van der Waals surface area contributed by atoms with Crippen LogP contribution in [-0.4, -0.2) is 27.0 Å². The zero-order valence-electron chi connectivity index (χ0n) is 14.8. The van der Waals surface area contributed by atoms with Crippen LogP contribution in [0.1, 0.15) is 5.56 Å². The molecule has 5 nitrogen and oxygen atoms in total. The Morgan fingerprint density at radius 2 is 1.73 bits per heavy atom. The van der Waals surface area contributed by atoms with Crippen LogP contribution >= 0.6 is 12.4 Å². The van der Waals surface area contributed by atoms with Gasteiger partial charge in [-0.05, 0) is 30.7 Å². The minimum absolute atomic E-state index is 0. The Morgan fingerprint density at radius 3 is 2.38 bits per heavy atom. The first kappa shape index (κ1) is 19.8. The van der Waals surface area contributed by atoms with E-state index >= 15 is 0 Å². The molecule has 3 rings (SSSR count). The van der Waals surface area contributed by atoms with Crippen LogP contribution in [-0.2, 0) is 13.1 Å². The smallest absolute Gasteiger partial charge is 0.203 e. The van der Waals surface area contributed by atoms with Crippen molar-refractivity contribution in [1.29, 1.82) is 5.41 Å². The summed E-state index contributed by atoms with van der Waals surface area (Å²) in [7, 11) is 0. The van der Waals surface area contributed by atoms with Crippen LogP contribution in [0, 0.1) is 12.3 Å². The summed E-state index contributed by atoms with van der Waals surface area (Å²) >= 11 is 0. The molecule has 26 heavy (non-hydrogen) atoms. The summed E-state index contributed by atoms with van der Waals surface area (Å²) < 4.78 is 9.41. The number of para-hydroxylation sites is 3. The molecule has 6 heteroatoms. The Labute approximate surface area is 159 Å². The maximum atomic E-state index is 10.4. The third-order valence-electron chi connectivity index (χ3n) is 4.20. The lowest BCUT2D eigenvalue weighted by atomic mass is 10.2. The Balaban J connectivity index is 0.00000243. The number of imidazole rings is 1. The number of halogens is 1. The van der Waals surface area contributed by atoms with Gasteiger partial charge in [0.05, 0.1) is 17.6 Å². The third-order valence-corrected chi connectivity index (χ3v) is 4.20. The van der Waals surface area contributed by atoms with Gasteiger partial charge in [-0.1, -0.05) is 36.4 Å². The topological polar surface area (TPSA) is 63.2 Å². The first-order valence-electron chi connectivity index (χ1n) is 8.32. The Hall–Kier alpha value is -2.50. The van der Waals surface area contributed by atoms with Gasteiger partial charge in [0, 0.05) is 6.54 Å². The van der Waals surface area contributed by atoms with Gasteiger partial charge >= 0.3 is 0 Å². The van der Waals surface area contributed by atoms with E-state index in [0.717, 1.165) is 22.3 Å². The van der Waals surface area contributed by atoms with E-state index in [4.69, 9.17) is 10.1 Å². The molecule has 2 aromatic carbocycles. The third kappa shape index (κ3) is 4.00. The maximum absolute atomic E-state index is 10.4. The molecule has 2 N–H and O–H groups in total. The predicted molar refractivity (Wildman–Crippen MR) is 106 cm³/mol. The summed E-state index contributed by atoms with van der Waals surface area (Å²) in [4.78, 5) is 0. The first-order chi connectivity index (χ1) is 12.1. The molecule has 1 unspecified atom stereocenters. The summed E-state index contributed by atoms with van der Waals surface area (Å²) in [6.45, 7) is 6.77. The van der Waals surface area contributed by atoms with Crippen molar-refractivity contribution in [2.75, 3.05) is 6.61 Å². The second kappa shape index (κ2) is 8.74. The molecular formula is C20H24ClN3O2. The van der Waals surface area contributed by atoms with Crippen molar-refractivity contribution in [2.24, 2.45) is 0 Å². The van der Waals surface area contributed by atoms with Gasteiger partial charge in [-0.3, -0.25) is 5.41 Å². The highest BCUT2D eigenvalue weighted by molar-refractivity contribution is 5.85. The van der Waals surface area contributed by atoms with Crippen LogP contribution in [0.5, 0.6) is 5.75 Å². The molecule has 0 radical (unpaired) electrons. The van der Waals surface area contributed by atoms with Gasteiger partial charge in [-0.25, -0.2) is 0 Å². The molecule has 0 aliphatic carbocycles. The number of benzene rings is 2. The lowest BCUT2D eigenvalue weighted by Gasteiger charge is -2.15. The number of hydrogen-bond donors (Lipinski definition) is 2. The fourth-order valence-corrected chi connectivity index (χ4v) is 2.96. The van der Waals surface area contributed by atoms with Crippen molar-refractivity contribution in [3.63, 3.8) is 0 Å². The summed E-state index contributed by atoms with van der Waals surface area (Å²) in [5.74, 6) is 0.770. The van der Waals surface area contributed by atoms with Gasteiger partial charge in [0.2, 0.25) is 5.62 Å². The van der Waals surface area contributed by atoms with E-state index < -0.39 is 6.10 Å². The second-order valence-electron chi connectivity index (χ2n) is 6.05. The highest BCUT2D eigenvalue weighted by Crippen LogP contribution is 2.17. The highest BCUT2D eigenvalue weighted by atomic mass is 35.5. The predicted octanol–water partition coefficient (Wildman–Crippen LogP) is 3.28. The van der Waals surface area contributed by atoms with Crippen molar-refractivity contribution < 1.29 is 9.84 Å². The van der Waals surface area contributed by atoms with Crippen LogP contribution in [0.4, 0.5) is 0 Å². The Morgan fingerprint density at radius 1 is 1.12 bits per heavy atom. The van der Waals surface area contributed by atoms with E-state index in [1.165, 1.54) is 0 Å². The summed E-state index contributed by atoms with van der Waals surface area (Å²) in [5, 5.41) is 18.8. The van der Waals surface area contributed by atoms with Gasteiger partial charge in [-0.15, -0.1) is 19.0 Å². The van der Waals surface area contributed by atoms with Crippen LogP contribution in [0.3, 0.4) is 0 Å². The maximum Gasteiger partial charge on any atom is 0.203 e.